The Morgan fingerprint density at radius 1 is 1.33 bits per heavy atom. The second-order valence-electron chi connectivity index (χ2n) is 3.41. The maximum Gasteiger partial charge on any atom is 0.273 e. The van der Waals surface area contributed by atoms with Crippen LogP contribution in [0.1, 0.15) is 10.4 Å². The van der Waals surface area contributed by atoms with Crippen LogP contribution < -0.4 is 10.6 Å². The quantitative estimate of drug-likeness (QED) is 0.734. The fraction of sp³-hybridized carbons (Fsp3) is 0.273. The summed E-state index contributed by atoms with van der Waals surface area (Å²) >= 11 is 0. The Morgan fingerprint density at radius 3 is 2.67 bits per heavy atom. The van der Waals surface area contributed by atoms with Crippen LogP contribution in [0.5, 0.6) is 0 Å². The summed E-state index contributed by atoms with van der Waals surface area (Å²) in [7, 11) is 0. The van der Waals surface area contributed by atoms with Crippen molar-refractivity contribution >= 4 is 11.7 Å². The number of hydrogen-bond acceptors (Lipinski definition) is 3. The van der Waals surface area contributed by atoms with Crippen molar-refractivity contribution in [2.24, 2.45) is 0 Å². The molecule has 1 saturated heterocycles. The molecule has 1 amide bonds. The molecule has 1 aliphatic rings. The van der Waals surface area contributed by atoms with Crippen LogP contribution in [0.3, 0.4) is 0 Å². The van der Waals surface area contributed by atoms with Gasteiger partial charge in [-0.25, -0.2) is 5.32 Å². The highest BCUT2D eigenvalue weighted by Gasteiger charge is 2.27. The van der Waals surface area contributed by atoms with Crippen LogP contribution in [-0.4, -0.2) is 30.8 Å². The average Bonchev–Trinajstić information content (AvgIpc) is 2.66. The van der Waals surface area contributed by atoms with Crippen LogP contribution in [-0.2, 0) is 4.79 Å². The van der Waals surface area contributed by atoms with Gasteiger partial charge in [-0.15, -0.1) is 0 Å². The smallest absolute Gasteiger partial charge is 0.273 e. The molecule has 4 heteroatoms. The van der Waals surface area contributed by atoms with Crippen molar-refractivity contribution in [2.75, 3.05) is 13.1 Å². The van der Waals surface area contributed by atoms with Crippen molar-refractivity contribution in [3.05, 3.63) is 35.9 Å². The van der Waals surface area contributed by atoms with E-state index >= 15 is 0 Å². The van der Waals surface area contributed by atoms with Crippen LogP contribution in [0.4, 0.5) is 0 Å². The third-order valence-corrected chi connectivity index (χ3v) is 2.30. The molecule has 1 aromatic carbocycles. The molecule has 0 saturated carbocycles. The molecule has 2 rings (SSSR count). The molecule has 1 aromatic rings. The highest BCUT2D eigenvalue weighted by Crippen LogP contribution is 2.02. The number of amides is 1. The van der Waals surface area contributed by atoms with Crippen molar-refractivity contribution in [3.8, 4) is 0 Å². The first-order valence-electron chi connectivity index (χ1n) is 4.81. The summed E-state index contributed by atoms with van der Waals surface area (Å²) in [6.07, 6.45) is 0. The lowest BCUT2D eigenvalue weighted by Gasteiger charge is -2.06. The van der Waals surface area contributed by atoms with E-state index in [1.54, 1.807) is 24.3 Å². The van der Waals surface area contributed by atoms with E-state index in [1.165, 1.54) is 0 Å². The summed E-state index contributed by atoms with van der Waals surface area (Å²) in [5.41, 5.74) is 0.525. The van der Waals surface area contributed by atoms with Gasteiger partial charge < -0.3 is 5.32 Å². The number of carbonyl (C=O) groups excluding carboxylic acids is 2. The van der Waals surface area contributed by atoms with Crippen molar-refractivity contribution in [1.82, 2.24) is 10.6 Å². The van der Waals surface area contributed by atoms with Gasteiger partial charge in [-0.1, -0.05) is 18.2 Å². The Bertz CT molecular complexity index is 375. The lowest BCUT2D eigenvalue weighted by Crippen LogP contribution is -2.34. The molecule has 0 aliphatic carbocycles. The zero-order valence-electron chi connectivity index (χ0n) is 8.14. The van der Waals surface area contributed by atoms with Crippen LogP contribution in [0, 0.1) is 0 Å². The van der Waals surface area contributed by atoms with Crippen LogP contribution in [0.2, 0.25) is 0 Å². The number of rotatable bonds is 2. The molecule has 15 heavy (non-hydrogen) atoms. The Balaban J connectivity index is 2.01. The molecule has 1 radical (unpaired) electrons. The second kappa shape index (κ2) is 4.23. The molecule has 1 unspecified atom stereocenters. The third kappa shape index (κ3) is 2.22. The summed E-state index contributed by atoms with van der Waals surface area (Å²) in [5, 5.41) is 6.76. The molecule has 1 fully saturated rings. The number of nitrogens with zero attached hydrogens (tertiary/aromatic N) is 1. The average molecular weight is 203 g/mol. The van der Waals surface area contributed by atoms with E-state index in [0.29, 0.717) is 18.7 Å². The minimum atomic E-state index is -0.502. The highest BCUT2D eigenvalue weighted by molar-refractivity contribution is 5.98. The van der Waals surface area contributed by atoms with Gasteiger partial charge in [0, 0.05) is 12.1 Å². The first-order chi connectivity index (χ1) is 7.27. The van der Waals surface area contributed by atoms with Gasteiger partial charge in [-0.3, -0.25) is 9.59 Å². The highest BCUT2D eigenvalue weighted by atomic mass is 16.2. The number of hydrogen-bond donors (Lipinski definition) is 1. The Labute approximate surface area is 87.7 Å². The number of carbonyl (C=O) groups is 2. The van der Waals surface area contributed by atoms with Crippen molar-refractivity contribution in [2.45, 2.75) is 6.04 Å². The topological polar surface area (TPSA) is 60.3 Å². The zero-order chi connectivity index (χ0) is 10.7. The van der Waals surface area contributed by atoms with Gasteiger partial charge in [0.15, 0.2) is 5.78 Å². The maximum atomic E-state index is 11.6. The summed E-state index contributed by atoms with van der Waals surface area (Å²) in [6, 6.07) is 8.27. The Morgan fingerprint density at radius 2 is 2.07 bits per heavy atom. The first kappa shape index (κ1) is 9.86. The molecule has 0 aromatic heterocycles. The minimum Gasteiger partial charge on any atom is -0.307 e. The van der Waals surface area contributed by atoms with Crippen molar-refractivity contribution in [1.29, 1.82) is 0 Å². The van der Waals surface area contributed by atoms with E-state index in [4.69, 9.17) is 0 Å². The third-order valence-electron chi connectivity index (χ3n) is 2.30. The fourth-order valence-electron chi connectivity index (χ4n) is 1.48. The van der Waals surface area contributed by atoms with E-state index in [1.807, 2.05) is 6.07 Å². The normalized spacial score (nSPS) is 20.3. The minimum absolute atomic E-state index is 0.0146. The summed E-state index contributed by atoms with van der Waals surface area (Å²) < 4.78 is 0. The molecular formula is C11H11N2O2. The van der Waals surface area contributed by atoms with Gasteiger partial charge >= 0.3 is 0 Å². The molecule has 1 heterocycles. The molecule has 1 aliphatic heterocycles. The van der Waals surface area contributed by atoms with Crippen molar-refractivity contribution < 1.29 is 9.59 Å². The molecule has 4 nitrogen and oxygen atoms in total. The first-order valence-corrected chi connectivity index (χ1v) is 4.81. The SMILES string of the molecule is O=C([N]C1CNCC1=O)c1ccccc1. The monoisotopic (exact) mass is 203 g/mol. The number of Topliss-reactive ketones (excluding diaryl/α,β-unsaturated/α-hetero) is 1. The van der Waals surface area contributed by atoms with Crippen LogP contribution in [0.25, 0.3) is 0 Å². The molecular weight excluding hydrogens is 192 g/mol. The number of ketones is 1. The lowest BCUT2D eigenvalue weighted by molar-refractivity contribution is -0.117. The van der Waals surface area contributed by atoms with Crippen LogP contribution >= 0.6 is 0 Å². The van der Waals surface area contributed by atoms with Gasteiger partial charge in [0.2, 0.25) is 0 Å². The van der Waals surface area contributed by atoms with Gasteiger partial charge in [-0.2, -0.15) is 0 Å². The molecule has 77 valence electrons. The molecule has 1 atom stereocenters. The van der Waals surface area contributed by atoms with Gasteiger partial charge in [0.05, 0.1) is 6.54 Å². The second-order valence-corrected chi connectivity index (χ2v) is 3.41. The molecule has 0 spiro atoms. The van der Waals surface area contributed by atoms with E-state index < -0.39 is 6.04 Å². The predicted molar refractivity (Wildman–Crippen MR) is 54.6 cm³/mol. The van der Waals surface area contributed by atoms with Gasteiger partial charge in [-0.05, 0) is 12.1 Å². The Hall–Kier alpha value is -1.68. The van der Waals surface area contributed by atoms with E-state index in [9.17, 15) is 9.59 Å². The van der Waals surface area contributed by atoms with E-state index in [2.05, 4.69) is 10.6 Å². The van der Waals surface area contributed by atoms with Gasteiger partial charge in [0.25, 0.3) is 5.91 Å². The molecule has 0 bridgehead atoms. The predicted octanol–water partition coefficient (Wildman–Crippen LogP) is -0.0279. The van der Waals surface area contributed by atoms with Crippen molar-refractivity contribution in [3.63, 3.8) is 0 Å². The summed E-state index contributed by atoms with van der Waals surface area (Å²) in [6.45, 7) is 0.785. The van der Waals surface area contributed by atoms with Gasteiger partial charge in [0.1, 0.15) is 6.04 Å². The fourth-order valence-corrected chi connectivity index (χ4v) is 1.48. The maximum absolute atomic E-state index is 11.6. The summed E-state index contributed by atoms with van der Waals surface area (Å²) in [4.78, 5) is 22.8. The lowest BCUT2D eigenvalue weighted by atomic mass is 10.2. The molecule has 1 N–H and O–H groups in total. The Kier molecular flexibility index (Phi) is 2.78. The standard InChI is InChI=1S/C11H11N2O2/c14-10-7-12-6-9(10)13-11(15)8-4-2-1-3-5-8/h1-5,9,12H,6-7H2. The van der Waals surface area contributed by atoms with E-state index in [0.717, 1.165) is 0 Å². The largest absolute Gasteiger partial charge is 0.307 e. The zero-order valence-corrected chi connectivity index (χ0v) is 8.14. The van der Waals surface area contributed by atoms with Crippen LogP contribution in [0.15, 0.2) is 30.3 Å². The summed E-state index contributed by atoms with van der Waals surface area (Å²) in [5.74, 6) is -0.336. The number of nitrogens with one attached hydrogen (secondary N) is 1. The number of benzene rings is 1. The van der Waals surface area contributed by atoms with E-state index in [-0.39, 0.29) is 11.7 Å².